The van der Waals surface area contributed by atoms with E-state index in [1.54, 1.807) is 20.8 Å². The number of carbonyl (C=O) groups is 3. The molecule has 5 N–H and O–H groups in total. The van der Waals surface area contributed by atoms with Gasteiger partial charge >= 0.3 is 12.2 Å². The molecule has 0 spiro atoms. The molecule has 2 aromatic carbocycles. The number of hydrogen-bond donors (Lipinski definition) is 4. The second-order valence-corrected chi connectivity index (χ2v) is 12.5. The lowest BCUT2D eigenvalue weighted by Gasteiger charge is -2.21. The normalized spacial score (nSPS) is 12.9. The van der Waals surface area contributed by atoms with Crippen LogP contribution in [0.5, 0.6) is 0 Å². The van der Waals surface area contributed by atoms with Gasteiger partial charge in [0.2, 0.25) is 5.91 Å². The topological polar surface area (TPSA) is 169 Å². The summed E-state index contributed by atoms with van der Waals surface area (Å²) in [5.74, 6) is -0.444. The van der Waals surface area contributed by atoms with E-state index < -0.39 is 23.8 Å². The largest absolute Gasteiger partial charge is 0.449 e. The number of nitrogens with two attached hydrogens (primary N) is 1. The highest BCUT2D eigenvalue weighted by atomic mass is 16.6. The molecular weight excluding hydrogens is 632 g/mol. The van der Waals surface area contributed by atoms with Gasteiger partial charge in [-0.2, -0.15) is 0 Å². The van der Waals surface area contributed by atoms with Crippen LogP contribution in [0.2, 0.25) is 0 Å². The Bertz CT molecular complexity index is 1240. The van der Waals surface area contributed by atoms with Gasteiger partial charge in [-0.3, -0.25) is 4.79 Å². The molecule has 49 heavy (non-hydrogen) atoms. The van der Waals surface area contributed by atoms with E-state index in [9.17, 15) is 14.4 Å². The summed E-state index contributed by atoms with van der Waals surface area (Å²) in [5.41, 5.74) is 9.24. The van der Waals surface area contributed by atoms with Gasteiger partial charge in [-0.1, -0.05) is 48.5 Å². The van der Waals surface area contributed by atoms with Crippen LogP contribution in [-0.2, 0) is 33.2 Å². The first-order chi connectivity index (χ1) is 23.7. The van der Waals surface area contributed by atoms with Gasteiger partial charge in [0, 0.05) is 25.6 Å². The number of benzene rings is 2. The molecule has 0 heterocycles. The number of unbranched alkanes of at least 4 members (excludes halogenated alkanes) is 1. The van der Waals surface area contributed by atoms with Crippen molar-refractivity contribution in [1.29, 1.82) is 0 Å². The minimum absolute atomic E-state index is 0.0981. The average molecular weight is 687 g/mol. The molecule has 0 radical (unpaired) electrons. The van der Waals surface area contributed by atoms with Crippen LogP contribution in [0.3, 0.4) is 0 Å². The van der Waals surface area contributed by atoms with Crippen LogP contribution in [0.1, 0.15) is 57.1 Å². The minimum Gasteiger partial charge on any atom is -0.449 e. The van der Waals surface area contributed by atoms with E-state index in [2.05, 4.69) is 40.2 Å². The third-order valence-corrected chi connectivity index (χ3v) is 7.46. The number of ether oxygens (including phenoxy) is 6. The summed E-state index contributed by atoms with van der Waals surface area (Å²) < 4.78 is 32.6. The van der Waals surface area contributed by atoms with Crippen molar-refractivity contribution in [1.82, 2.24) is 16.0 Å². The molecule has 2 aromatic rings. The Kier molecular flexibility index (Phi) is 17.9. The molecule has 0 aliphatic heterocycles. The highest BCUT2D eigenvalue weighted by Crippen LogP contribution is 2.44. The second-order valence-electron chi connectivity index (χ2n) is 12.5. The number of amides is 3. The van der Waals surface area contributed by atoms with Crippen molar-refractivity contribution in [3.63, 3.8) is 0 Å². The first-order valence-corrected chi connectivity index (χ1v) is 17.1. The second kappa shape index (κ2) is 22.1. The summed E-state index contributed by atoms with van der Waals surface area (Å²) >= 11 is 0. The van der Waals surface area contributed by atoms with E-state index in [1.165, 1.54) is 0 Å². The van der Waals surface area contributed by atoms with Gasteiger partial charge in [0.15, 0.2) is 0 Å². The molecule has 0 unspecified atom stereocenters. The minimum atomic E-state index is -0.832. The van der Waals surface area contributed by atoms with Crippen molar-refractivity contribution in [3.05, 3.63) is 59.7 Å². The van der Waals surface area contributed by atoms with Gasteiger partial charge in [-0.25, -0.2) is 9.59 Å². The van der Waals surface area contributed by atoms with Crippen molar-refractivity contribution in [2.24, 2.45) is 5.73 Å². The molecular formula is C36H54N4O9. The Labute approximate surface area is 289 Å². The van der Waals surface area contributed by atoms with Gasteiger partial charge < -0.3 is 50.1 Å². The molecule has 0 saturated carbocycles. The lowest BCUT2D eigenvalue weighted by molar-refractivity contribution is -0.123. The van der Waals surface area contributed by atoms with Crippen LogP contribution in [0.15, 0.2) is 48.5 Å². The third kappa shape index (κ3) is 15.1. The van der Waals surface area contributed by atoms with E-state index in [0.29, 0.717) is 78.6 Å². The summed E-state index contributed by atoms with van der Waals surface area (Å²) in [5, 5.41) is 8.30. The molecule has 0 saturated heterocycles. The zero-order valence-electron chi connectivity index (χ0n) is 29.1. The molecule has 13 nitrogen and oxygen atoms in total. The first kappa shape index (κ1) is 39.7. The number of nitrogens with one attached hydrogen (secondary N) is 3. The van der Waals surface area contributed by atoms with Crippen molar-refractivity contribution in [2.75, 3.05) is 79.1 Å². The number of hydrogen-bond acceptors (Lipinski definition) is 10. The van der Waals surface area contributed by atoms with Crippen LogP contribution in [0.25, 0.3) is 11.1 Å². The molecule has 1 aliphatic carbocycles. The zero-order valence-corrected chi connectivity index (χ0v) is 29.1. The van der Waals surface area contributed by atoms with Crippen LogP contribution >= 0.6 is 0 Å². The maximum atomic E-state index is 13.1. The quantitative estimate of drug-likeness (QED) is 0.126. The fourth-order valence-corrected chi connectivity index (χ4v) is 5.24. The fraction of sp³-hybridized carbons (Fsp3) is 0.583. The Hall–Kier alpha value is -3.75. The van der Waals surface area contributed by atoms with E-state index in [4.69, 9.17) is 34.2 Å². The van der Waals surface area contributed by atoms with Crippen molar-refractivity contribution in [2.45, 2.75) is 57.6 Å². The molecule has 272 valence electrons. The molecule has 13 heteroatoms. The Morgan fingerprint density at radius 2 is 1.27 bits per heavy atom. The van der Waals surface area contributed by atoms with Crippen LogP contribution in [0, 0.1) is 0 Å². The number of carbonyl (C=O) groups excluding carboxylic acids is 3. The maximum Gasteiger partial charge on any atom is 0.407 e. The Balaban J connectivity index is 1.41. The van der Waals surface area contributed by atoms with E-state index >= 15 is 0 Å². The zero-order chi connectivity index (χ0) is 35.3. The summed E-state index contributed by atoms with van der Waals surface area (Å²) in [6.45, 7) is 10.1. The Morgan fingerprint density at radius 3 is 1.84 bits per heavy atom. The molecule has 1 aliphatic rings. The Morgan fingerprint density at radius 1 is 0.714 bits per heavy atom. The van der Waals surface area contributed by atoms with Crippen molar-refractivity contribution < 1.29 is 42.8 Å². The van der Waals surface area contributed by atoms with E-state index in [-0.39, 0.29) is 31.6 Å². The molecule has 0 aromatic heterocycles. The standard InChI is InChI=1S/C36H54N4O9/c1-36(2,3)49-34(42)39-16-9-8-14-32(33(41)38-17-19-45-21-23-47-25-24-46-22-20-44-18-15-37)40-35(43)48-26-31-29-12-6-4-10-27(29)28-11-5-7-13-30(28)31/h4-7,10-13,31-32H,8-9,14-26,37H2,1-3H3,(H,38,41)(H,39,42)(H,40,43)/t32-/m1/s1. The van der Waals surface area contributed by atoms with E-state index in [0.717, 1.165) is 22.3 Å². The third-order valence-electron chi connectivity index (χ3n) is 7.46. The lowest BCUT2D eigenvalue weighted by Crippen LogP contribution is -2.47. The maximum absolute atomic E-state index is 13.1. The van der Waals surface area contributed by atoms with Gasteiger partial charge in [0.05, 0.1) is 52.9 Å². The molecule has 0 fully saturated rings. The van der Waals surface area contributed by atoms with Crippen LogP contribution in [0.4, 0.5) is 9.59 Å². The number of alkyl carbamates (subject to hydrolysis) is 2. The lowest BCUT2D eigenvalue weighted by atomic mass is 9.98. The average Bonchev–Trinajstić information content (AvgIpc) is 3.39. The first-order valence-electron chi connectivity index (χ1n) is 17.1. The molecule has 3 rings (SSSR count). The van der Waals surface area contributed by atoms with Crippen molar-refractivity contribution >= 4 is 18.1 Å². The summed E-state index contributed by atoms with van der Waals surface area (Å²) in [6.07, 6.45) is 0.333. The fourth-order valence-electron chi connectivity index (χ4n) is 5.24. The predicted molar refractivity (Wildman–Crippen MR) is 185 cm³/mol. The summed E-state index contributed by atoms with van der Waals surface area (Å²) in [7, 11) is 0. The van der Waals surface area contributed by atoms with Gasteiger partial charge in [0.25, 0.3) is 0 Å². The smallest absolute Gasteiger partial charge is 0.407 e. The van der Waals surface area contributed by atoms with Crippen LogP contribution in [-0.4, -0.2) is 109 Å². The SMILES string of the molecule is CC(C)(C)OC(=O)NCCCC[C@@H](NC(=O)OCC1c2ccccc2-c2ccccc21)C(=O)NCCOCCOCCOCCOCCN. The van der Waals surface area contributed by atoms with Crippen LogP contribution < -0.4 is 21.7 Å². The summed E-state index contributed by atoms with van der Waals surface area (Å²) in [4.78, 5) is 38.1. The van der Waals surface area contributed by atoms with Gasteiger partial charge in [-0.15, -0.1) is 0 Å². The van der Waals surface area contributed by atoms with Gasteiger partial charge in [0.1, 0.15) is 18.2 Å². The van der Waals surface area contributed by atoms with Crippen molar-refractivity contribution in [3.8, 4) is 11.1 Å². The predicted octanol–water partition coefficient (Wildman–Crippen LogP) is 3.73. The highest BCUT2D eigenvalue weighted by molar-refractivity contribution is 5.85. The van der Waals surface area contributed by atoms with E-state index in [1.807, 2.05) is 24.3 Å². The number of rotatable bonds is 23. The van der Waals surface area contributed by atoms with Gasteiger partial charge in [-0.05, 0) is 62.3 Å². The monoisotopic (exact) mass is 686 g/mol. The molecule has 3 amide bonds. The number of fused-ring (bicyclic) bond motifs is 3. The molecule has 0 bridgehead atoms. The highest BCUT2D eigenvalue weighted by Gasteiger charge is 2.30. The summed E-state index contributed by atoms with van der Waals surface area (Å²) in [6, 6.07) is 15.4. The molecule has 1 atom stereocenters.